The standard InChI is InChI=1S/C10H24N6O4/c1-13(15(17)11-19-3)9-7-5-6-8-10-14(2)16(18)12-20-4/h5-10H2,1-4H3/b15-11-,16-12-. The average Bonchev–Trinajstić information content (AvgIpc) is 2.42. The van der Waals surface area contributed by atoms with Crippen molar-refractivity contribution in [2.45, 2.75) is 25.7 Å². The zero-order valence-corrected chi connectivity index (χ0v) is 12.6. The van der Waals surface area contributed by atoms with Crippen LogP contribution in [-0.4, -0.2) is 61.4 Å². The molecule has 0 aliphatic rings. The quantitative estimate of drug-likeness (QED) is 0.246. The molecule has 0 amide bonds. The summed E-state index contributed by atoms with van der Waals surface area (Å²) >= 11 is 0. The molecule has 118 valence electrons. The minimum atomic E-state index is 0.412. The van der Waals surface area contributed by atoms with E-state index in [2.05, 4.69) is 20.2 Å². The number of unbranched alkanes of at least 4 members (excludes halogenated alkanes) is 3. The summed E-state index contributed by atoms with van der Waals surface area (Å²) in [6, 6.07) is 0. The van der Waals surface area contributed by atoms with Crippen molar-refractivity contribution in [1.82, 2.24) is 10.0 Å². The van der Waals surface area contributed by atoms with Crippen LogP contribution in [0.15, 0.2) is 10.6 Å². The van der Waals surface area contributed by atoms with Gasteiger partial charge in [-0.1, -0.05) is 12.8 Å². The van der Waals surface area contributed by atoms with E-state index in [-0.39, 0.29) is 0 Å². The highest BCUT2D eigenvalue weighted by Crippen LogP contribution is 2.03. The predicted octanol–water partition coefficient (Wildman–Crippen LogP) is 1.29. The molecule has 0 aliphatic heterocycles. The Hall–Kier alpha value is -2.00. The molecule has 0 aliphatic carbocycles. The molecule has 10 heteroatoms. The SMILES string of the molecule is CO/N=[N+](\[O-])N(C)CCCCCCN(C)/[N+]([O-])=N/OC. The number of hydrogen-bond donors (Lipinski definition) is 0. The molecule has 0 aromatic heterocycles. The molecular formula is C10H24N6O4. The summed E-state index contributed by atoms with van der Waals surface area (Å²) in [6.07, 6.45) is 3.64. The minimum absolute atomic E-state index is 0.412. The number of hydrazine groups is 2. The fraction of sp³-hybridized carbons (Fsp3) is 1.00. The van der Waals surface area contributed by atoms with E-state index < -0.39 is 0 Å². The molecule has 0 N–H and O–H groups in total. The fourth-order valence-electron chi connectivity index (χ4n) is 1.47. The molecule has 0 bridgehead atoms. The van der Waals surface area contributed by atoms with Gasteiger partial charge in [-0.05, 0) is 12.8 Å². The second-order valence-corrected chi connectivity index (χ2v) is 4.21. The van der Waals surface area contributed by atoms with Crippen molar-refractivity contribution < 1.29 is 19.6 Å². The topological polar surface area (TPSA) is 102 Å². The van der Waals surface area contributed by atoms with Gasteiger partial charge in [0.05, 0.1) is 37.1 Å². The van der Waals surface area contributed by atoms with Crippen LogP contribution in [-0.2, 0) is 9.68 Å². The molecule has 10 nitrogen and oxygen atoms in total. The molecule has 0 atom stereocenters. The Bertz CT molecular complexity index is 282. The Labute approximate surface area is 118 Å². The number of rotatable bonds is 11. The van der Waals surface area contributed by atoms with Crippen molar-refractivity contribution in [3.05, 3.63) is 10.4 Å². The van der Waals surface area contributed by atoms with Crippen molar-refractivity contribution in [3.63, 3.8) is 0 Å². The highest BCUT2D eigenvalue weighted by atomic mass is 16.7. The average molecular weight is 292 g/mol. The Kier molecular flexibility index (Phi) is 9.79. The Morgan fingerprint density at radius 1 is 0.800 bits per heavy atom. The van der Waals surface area contributed by atoms with Gasteiger partial charge in [0.15, 0.2) is 0 Å². The van der Waals surface area contributed by atoms with Crippen LogP contribution in [0.2, 0.25) is 0 Å². The van der Waals surface area contributed by atoms with E-state index >= 15 is 0 Å². The van der Waals surface area contributed by atoms with Crippen molar-refractivity contribution in [1.29, 1.82) is 0 Å². The molecule has 0 saturated heterocycles. The van der Waals surface area contributed by atoms with Crippen molar-refractivity contribution in [3.8, 4) is 0 Å². The summed E-state index contributed by atoms with van der Waals surface area (Å²) in [6.45, 7) is 1.19. The van der Waals surface area contributed by atoms with Crippen LogP contribution in [0.25, 0.3) is 0 Å². The van der Waals surface area contributed by atoms with Crippen LogP contribution in [0, 0.1) is 10.4 Å². The first-order chi connectivity index (χ1) is 9.52. The van der Waals surface area contributed by atoms with E-state index in [1.165, 1.54) is 24.2 Å². The highest BCUT2D eigenvalue weighted by Gasteiger charge is 2.07. The molecule has 0 heterocycles. The van der Waals surface area contributed by atoms with Crippen LogP contribution >= 0.6 is 0 Å². The summed E-state index contributed by atoms with van der Waals surface area (Å²) in [5.41, 5.74) is 0. The molecule has 0 radical (unpaired) electrons. The third kappa shape index (κ3) is 8.16. The van der Waals surface area contributed by atoms with E-state index in [1.807, 2.05) is 0 Å². The normalized spacial score (nSPS) is 12.2. The van der Waals surface area contributed by atoms with Gasteiger partial charge in [0.25, 0.3) is 0 Å². The summed E-state index contributed by atoms with van der Waals surface area (Å²) in [5, 5.41) is 31.7. The fourth-order valence-corrected chi connectivity index (χ4v) is 1.47. The highest BCUT2D eigenvalue weighted by molar-refractivity contribution is 4.46. The first kappa shape index (κ1) is 18.0. The maximum absolute atomic E-state index is 11.2. The van der Waals surface area contributed by atoms with Gasteiger partial charge in [-0.2, -0.15) is 0 Å². The monoisotopic (exact) mass is 292 g/mol. The minimum Gasteiger partial charge on any atom is -0.569 e. The number of hydrogen-bond acceptors (Lipinski definition) is 6. The first-order valence-corrected chi connectivity index (χ1v) is 6.37. The summed E-state index contributed by atoms with van der Waals surface area (Å²) in [4.78, 5) is 9.58. The largest absolute Gasteiger partial charge is 0.569 e. The molecule has 0 unspecified atom stereocenters. The lowest BCUT2D eigenvalue weighted by Gasteiger charge is -2.13. The maximum atomic E-state index is 11.2. The van der Waals surface area contributed by atoms with Gasteiger partial charge in [-0.15, -0.1) is 10.0 Å². The van der Waals surface area contributed by atoms with E-state index in [0.29, 0.717) is 23.0 Å². The molecule has 0 fully saturated rings. The van der Waals surface area contributed by atoms with Gasteiger partial charge in [-0.3, -0.25) is 0 Å². The molecular weight excluding hydrogens is 268 g/mol. The van der Waals surface area contributed by atoms with E-state index in [9.17, 15) is 10.4 Å². The van der Waals surface area contributed by atoms with Gasteiger partial charge in [0.1, 0.15) is 14.2 Å². The smallest absolute Gasteiger partial charge is 0.232 e. The Morgan fingerprint density at radius 2 is 1.15 bits per heavy atom. The van der Waals surface area contributed by atoms with Gasteiger partial charge in [-0.25, -0.2) is 0 Å². The van der Waals surface area contributed by atoms with Gasteiger partial charge < -0.3 is 20.1 Å². The van der Waals surface area contributed by atoms with E-state index in [1.54, 1.807) is 14.1 Å². The van der Waals surface area contributed by atoms with Crippen molar-refractivity contribution in [2.75, 3.05) is 41.4 Å². The lowest BCUT2D eigenvalue weighted by Crippen LogP contribution is -2.28. The molecule has 0 saturated carbocycles. The van der Waals surface area contributed by atoms with E-state index in [0.717, 1.165) is 25.7 Å². The van der Waals surface area contributed by atoms with Crippen LogP contribution in [0.4, 0.5) is 0 Å². The third-order valence-corrected chi connectivity index (χ3v) is 2.60. The molecule has 0 rings (SSSR count). The zero-order chi connectivity index (χ0) is 15.4. The lowest BCUT2D eigenvalue weighted by molar-refractivity contribution is -0.705. The Balaban J connectivity index is 3.63. The summed E-state index contributed by atoms with van der Waals surface area (Å²) < 4.78 is 0. The van der Waals surface area contributed by atoms with Crippen LogP contribution in [0.3, 0.4) is 0 Å². The summed E-state index contributed by atoms with van der Waals surface area (Å²) in [7, 11) is 5.94. The second kappa shape index (κ2) is 10.9. The summed E-state index contributed by atoms with van der Waals surface area (Å²) in [5.74, 6) is 0. The van der Waals surface area contributed by atoms with Gasteiger partial charge >= 0.3 is 0 Å². The maximum Gasteiger partial charge on any atom is 0.232 e. The Morgan fingerprint density at radius 3 is 1.45 bits per heavy atom. The first-order valence-electron chi connectivity index (χ1n) is 6.37. The third-order valence-electron chi connectivity index (χ3n) is 2.60. The number of nitrogens with zero attached hydrogens (tertiary/aromatic N) is 6. The lowest BCUT2D eigenvalue weighted by atomic mass is 10.2. The van der Waals surface area contributed by atoms with Crippen LogP contribution < -0.4 is 0 Å². The van der Waals surface area contributed by atoms with Gasteiger partial charge in [0, 0.05) is 0 Å². The molecule has 0 aromatic carbocycles. The van der Waals surface area contributed by atoms with E-state index in [4.69, 9.17) is 0 Å². The van der Waals surface area contributed by atoms with Gasteiger partial charge in [0.2, 0.25) is 10.6 Å². The van der Waals surface area contributed by atoms with Crippen molar-refractivity contribution in [2.24, 2.45) is 10.6 Å². The molecule has 20 heavy (non-hydrogen) atoms. The molecule has 0 spiro atoms. The molecule has 0 aromatic rings. The second-order valence-electron chi connectivity index (χ2n) is 4.21. The zero-order valence-electron chi connectivity index (χ0n) is 12.6. The predicted molar refractivity (Wildman–Crippen MR) is 69.9 cm³/mol. The van der Waals surface area contributed by atoms with Crippen LogP contribution in [0.5, 0.6) is 0 Å². The van der Waals surface area contributed by atoms with Crippen LogP contribution in [0.1, 0.15) is 25.7 Å². The van der Waals surface area contributed by atoms with Crippen molar-refractivity contribution >= 4 is 0 Å².